The number of nitrogens with one attached hydrogen (secondary N) is 1. The first kappa shape index (κ1) is 20.3. The number of ether oxygens (including phenoxy) is 1. The Morgan fingerprint density at radius 2 is 1.93 bits per heavy atom. The summed E-state index contributed by atoms with van der Waals surface area (Å²) in [5, 5.41) is 16.6. The van der Waals surface area contributed by atoms with E-state index < -0.39 is 10.8 Å². The van der Waals surface area contributed by atoms with Gasteiger partial charge in [-0.2, -0.15) is 0 Å². The van der Waals surface area contributed by atoms with E-state index in [1.165, 1.54) is 12.1 Å². The van der Waals surface area contributed by atoms with Gasteiger partial charge in [0, 0.05) is 41.9 Å². The molecule has 2 aromatic carbocycles. The molecule has 1 N–H and O–H groups in total. The predicted molar refractivity (Wildman–Crippen MR) is 117 cm³/mol. The van der Waals surface area contributed by atoms with Crippen molar-refractivity contribution in [3.05, 3.63) is 68.5 Å². The number of aromatic nitrogens is 1. The van der Waals surface area contributed by atoms with Crippen LogP contribution in [0.5, 0.6) is 0 Å². The lowest BCUT2D eigenvalue weighted by Gasteiger charge is -2.26. The van der Waals surface area contributed by atoms with Crippen LogP contribution in [0.15, 0.2) is 47.8 Å². The molecule has 1 amide bonds. The van der Waals surface area contributed by atoms with Gasteiger partial charge in [-0.15, -0.1) is 11.3 Å². The van der Waals surface area contributed by atoms with Gasteiger partial charge in [0.15, 0.2) is 5.13 Å². The smallest absolute Gasteiger partial charge is 0.270 e. The second kappa shape index (κ2) is 8.78. The molecule has 0 aliphatic carbocycles. The van der Waals surface area contributed by atoms with E-state index in [0.717, 1.165) is 35.5 Å². The molecule has 2 heterocycles. The molecule has 1 saturated heterocycles. The number of nitro benzene ring substituents is 1. The summed E-state index contributed by atoms with van der Waals surface area (Å²) in [7, 11) is 0. The minimum absolute atomic E-state index is 0.0245. The number of nitro groups is 1. The molecule has 10 heteroatoms. The number of hydrogen-bond acceptors (Lipinski definition) is 7. The molecule has 1 aliphatic heterocycles. The van der Waals surface area contributed by atoms with E-state index in [0.29, 0.717) is 18.9 Å². The van der Waals surface area contributed by atoms with E-state index in [-0.39, 0.29) is 16.3 Å². The molecule has 4 rings (SSSR count). The zero-order chi connectivity index (χ0) is 21.1. The number of benzene rings is 2. The van der Waals surface area contributed by atoms with Crippen molar-refractivity contribution in [3.8, 4) is 11.3 Å². The van der Waals surface area contributed by atoms with E-state index in [1.54, 1.807) is 23.5 Å². The monoisotopic (exact) mass is 444 g/mol. The summed E-state index contributed by atoms with van der Waals surface area (Å²) in [5.41, 5.74) is 2.40. The molecule has 0 atom stereocenters. The minimum Gasteiger partial charge on any atom is -0.378 e. The van der Waals surface area contributed by atoms with Crippen molar-refractivity contribution in [1.29, 1.82) is 0 Å². The number of nitrogens with zero attached hydrogens (tertiary/aromatic N) is 3. The highest BCUT2D eigenvalue weighted by Crippen LogP contribution is 2.29. The van der Waals surface area contributed by atoms with E-state index in [9.17, 15) is 14.9 Å². The second-order valence-electron chi connectivity index (χ2n) is 6.57. The van der Waals surface area contributed by atoms with Gasteiger partial charge in [0.2, 0.25) is 0 Å². The highest BCUT2D eigenvalue weighted by atomic mass is 35.5. The van der Waals surface area contributed by atoms with E-state index in [2.05, 4.69) is 10.2 Å². The highest BCUT2D eigenvalue weighted by molar-refractivity contribution is 7.14. The van der Waals surface area contributed by atoms with Crippen molar-refractivity contribution >= 4 is 45.4 Å². The quantitative estimate of drug-likeness (QED) is 0.461. The van der Waals surface area contributed by atoms with Gasteiger partial charge in [0.25, 0.3) is 11.6 Å². The number of non-ortho nitro benzene ring substituents is 1. The molecule has 1 aromatic heterocycles. The van der Waals surface area contributed by atoms with Gasteiger partial charge in [0.05, 0.1) is 34.4 Å². The molecule has 0 spiro atoms. The Hall–Kier alpha value is -3.01. The van der Waals surface area contributed by atoms with Crippen LogP contribution in [-0.2, 0) is 4.74 Å². The fourth-order valence-corrected chi connectivity index (χ4v) is 4.17. The number of hydrogen-bond donors (Lipinski definition) is 1. The number of carbonyl (C=O) groups excluding carboxylic acids is 1. The molecule has 154 valence electrons. The van der Waals surface area contributed by atoms with E-state index in [1.807, 2.05) is 17.5 Å². The van der Waals surface area contributed by atoms with Crippen LogP contribution in [0.1, 0.15) is 10.4 Å². The molecule has 0 unspecified atom stereocenters. The number of carbonyl (C=O) groups is 1. The number of anilines is 2. The van der Waals surface area contributed by atoms with Crippen molar-refractivity contribution < 1.29 is 14.5 Å². The van der Waals surface area contributed by atoms with Gasteiger partial charge in [-0.05, 0) is 18.2 Å². The van der Waals surface area contributed by atoms with Crippen molar-refractivity contribution in [2.75, 3.05) is 36.5 Å². The average molecular weight is 445 g/mol. The third-order valence-electron chi connectivity index (χ3n) is 4.62. The van der Waals surface area contributed by atoms with Crippen LogP contribution in [0.25, 0.3) is 11.3 Å². The van der Waals surface area contributed by atoms with Gasteiger partial charge in [0.1, 0.15) is 0 Å². The van der Waals surface area contributed by atoms with Crippen molar-refractivity contribution in [2.45, 2.75) is 0 Å². The molecule has 0 saturated carbocycles. The van der Waals surface area contributed by atoms with Crippen molar-refractivity contribution in [2.24, 2.45) is 0 Å². The first-order chi connectivity index (χ1) is 14.5. The Kier molecular flexibility index (Phi) is 5.93. The maximum absolute atomic E-state index is 12.5. The summed E-state index contributed by atoms with van der Waals surface area (Å²) in [6.07, 6.45) is 0. The van der Waals surface area contributed by atoms with E-state index in [4.69, 9.17) is 21.3 Å². The van der Waals surface area contributed by atoms with Crippen LogP contribution in [0.3, 0.4) is 0 Å². The summed E-state index contributed by atoms with van der Waals surface area (Å²) in [6, 6.07) is 11.1. The first-order valence-electron chi connectivity index (χ1n) is 9.15. The van der Waals surface area contributed by atoms with Crippen LogP contribution in [0.2, 0.25) is 5.02 Å². The van der Waals surface area contributed by atoms with Crippen molar-refractivity contribution in [3.63, 3.8) is 0 Å². The molecule has 0 radical (unpaired) electrons. The van der Waals surface area contributed by atoms with Crippen LogP contribution in [-0.4, -0.2) is 42.1 Å². The van der Waals surface area contributed by atoms with Gasteiger partial charge < -0.3 is 15.0 Å². The normalized spacial score (nSPS) is 13.8. The predicted octanol–water partition coefficient (Wildman–Crippen LogP) is 4.46. The number of amides is 1. The fraction of sp³-hybridized carbons (Fsp3) is 0.200. The van der Waals surface area contributed by atoms with Gasteiger partial charge in [-0.1, -0.05) is 23.7 Å². The second-order valence-corrected chi connectivity index (χ2v) is 7.81. The maximum Gasteiger partial charge on any atom is 0.270 e. The average Bonchev–Trinajstić information content (AvgIpc) is 3.25. The summed E-state index contributed by atoms with van der Waals surface area (Å²) < 4.78 is 5.38. The van der Waals surface area contributed by atoms with Crippen molar-refractivity contribution in [1.82, 2.24) is 4.98 Å². The Labute approximate surface area is 181 Å². The Bertz CT molecular complexity index is 1080. The third kappa shape index (κ3) is 4.43. The van der Waals surface area contributed by atoms with Crippen LogP contribution in [0, 0.1) is 10.1 Å². The Balaban J connectivity index is 1.44. The number of halogens is 1. The Morgan fingerprint density at radius 3 is 2.60 bits per heavy atom. The summed E-state index contributed by atoms with van der Waals surface area (Å²) in [5.74, 6) is -0.439. The summed E-state index contributed by atoms with van der Waals surface area (Å²) in [4.78, 5) is 29.6. The zero-order valence-electron chi connectivity index (χ0n) is 15.7. The zero-order valence-corrected chi connectivity index (χ0v) is 17.3. The Morgan fingerprint density at radius 1 is 1.20 bits per heavy atom. The van der Waals surface area contributed by atoms with Gasteiger partial charge in [-0.3, -0.25) is 14.9 Å². The standard InChI is InChI=1S/C20H17ClN4O4S/c21-17-11-15(25(27)28)5-6-16(17)19(26)22-14-3-1-13(2-4-14)18-12-30-20(23-18)24-7-9-29-10-8-24/h1-6,11-12H,7-10H2,(H,22,26). The van der Waals surface area contributed by atoms with Crippen LogP contribution >= 0.6 is 22.9 Å². The topological polar surface area (TPSA) is 97.6 Å². The van der Waals surface area contributed by atoms with Gasteiger partial charge in [-0.25, -0.2) is 4.98 Å². The molecule has 1 fully saturated rings. The first-order valence-corrected chi connectivity index (χ1v) is 10.4. The molecule has 8 nitrogen and oxygen atoms in total. The molecular weight excluding hydrogens is 428 g/mol. The number of rotatable bonds is 5. The SMILES string of the molecule is O=C(Nc1ccc(-c2csc(N3CCOCC3)n2)cc1)c1ccc([N+](=O)[O-])cc1Cl. The lowest BCUT2D eigenvalue weighted by atomic mass is 10.1. The van der Waals surface area contributed by atoms with Crippen LogP contribution < -0.4 is 10.2 Å². The fourth-order valence-electron chi connectivity index (χ4n) is 3.02. The molecule has 0 bridgehead atoms. The lowest BCUT2D eigenvalue weighted by molar-refractivity contribution is -0.384. The summed E-state index contributed by atoms with van der Waals surface area (Å²) in [6.45, 7) is 3.09. The number of morpholine rings is 1. The summed E-state index contributed by atoms with van der Waals surface area (Å²) >= 11 is 7.62. The largest absolute Gasteiger partial charge is 0.378 e. The maximum atomic E-state index is 12.5. The molecule has 1 aliphatic rings. The lowest BCUT2D eigenvalue weighted by Crippen LogP contribution is -2.36. The molecule has 3 aromatic rings. The highest BCUT2D eigenvalue weighted by Gasteiger charge is 2.17. The number of thiazole rings is 1. The van der Waals surface area contributed by atoms with Gasteiger partial charge >= 0.3 is 0 Å². The molecule has 30 heavy (non-hydrogen) atoms. The minimum atomic E-state index is -0.560. The third-order valence-corrected chi connectivity index (χ3v) is 5.83. The van der Waals surface area contributed by atoms with E-state index >= 15 is 0 Å². The molecular formula is C20H17ClN4O4S. The van der Waals surface area contributed by atoms with Crippen LogP contribution in [0.4, 0.5) is 16.5 Å².